The van der Waals surface area contributed by atoms with E-state index in [1.54, 1.807) is 0 Å². The van der Waals surface area contributed by atoms with Gasteiger partial charge in [0.05, 0.1) is 0 Å². The summed E-state index contributed by atoms with van der Waals surface area (Å²) in [6.07, 6.45) is 10.4. The van der Waals surface area contributed by atoms with Crippen LogP contribution >= 0.6 is 0 Å². The maximum Gasteiger partial charge on any atom is 0.303 e. The van der Waals surface area contributed by atoms with Crippen molar-refractivity contribution >= 4 is 11.9 Å². The molecule has 0 unspecified atom stereocenters. The summed E-state index contributed by atoms with van der Waals surface area (Å²) in [5, 5.41) is 17.0. The van der Waals surface area contributed by atoms with Gasteiger partial charge in [0.15, 0.2) is 0 Å². The van der Waals surface area contributed by atoms with Crippen molar-refractivity contribution in [1.29, 1.82) is 0 Å². The van der Waals surface area contributed by atoms with Gasteiger partial charge in [-0.05, 0) is 45.4 Å². The maximum atomic E-state index is 10.3. The van der Waals surface area contributed by atoms with E-state index in [4.69, 9.17) is 10.2 Å². The van der Waals surface area contributed by atoms with Gasteiger partial charge in [-0.3, -0.25) is 9.59 Å². The minimum absolute atomic E-state index is 0.270. The quantitative estimate of drug-likeness (QED) is 0.415. The third-order valence-corrected chi connectivity index (χ3v) is 3.05. The van der Waals surface area contributed by atoms with Crippen LogP contribution < -0.4 is 0 Å². The number of carboxylic acids is 2. The molecule has 0 atom stereocenters. The minimum Gasteiger partial charge on any atom is -0.481 e. The number of hydrogen-bond acceptors (Lipinski definition) is 2. The predicted octanol–water partition coefficient (Wildman–Crippen LogP) is 4.00. The minimum atomic E-state index is -0.715. The van der Waals surface area contributed by atoms with Gasteiger partial charge in [0, 0.05) is 12.8 Å². The Morgan fingerprint density at radius 1 is 0.789 bits per heavy atom. The largest absolute Gasteiger partial charge is 0.481 e. The first-order valence-corrected chi connectivity index (χ1v) is 7.11. The SMILES string of the molecule is C/C(=C\CCCCCC(=O)O)CCCCCC(=O)O. The number of rotatable bonds is 12. The molecule has 0 aliphatic heterocycles. The number of carbonyl (C=O) groups is 2. The van der Waals surface area contributed by atoms with E-state index in [-0.39, 0.29) is 12.8 Å². The van der Waals surface area contributed by atoms with Gasteiger partial charge in [-0.25, -0.2) is 0 Å². The van der Waals surface area contributed by atoms with Crippen LogP contribution in [0.15, 0.2) is 11.6 Å². The lowest BCUT2D eigenvalue weighted by molar-refractivity contribution is -0.138. The zero-order valence-corrected chi connectivity index (χ0v) is 11.9. The van der Waals surface area contributed by atoms with Crippen LogP contribution in [0.2, 0.25) is 0 Å². The van der Waals surface area contributed by atoms with Crippen molar-refractivity contribution < 1.29 is 19.8 Å². The molecule has 0 saturated carbocycles. The monoisotopic (exact) mass is 270 g/mol. The Morgan fingerprint density at radius 2 is 1.26 bits per heavy atom. The van der Waals surface area contributed by atoms with Gasteiger partial charge >= 0.3 is 11.9 Å². The van der Waals surface area contributed by atoms with E-state index in [1.807, 2.05) is 0 Å². The highest BCUT2D eigenvalue weighted by molar-refractivity contribution is 5.66. The second-order valence-corrected chi connectivity index (χ2v) is 5.00. The molecule has 0 amide bonds. The summed E-state index contributed by atoms with van der Waals surface area (Å²) >= 11 is 0. The Hall–Kier alpha value is -1.32. The fourth-order valence-corrected chi connectivity index (χ4v) is 1.90. The van der Waals surface area contributed by atoms with Crippen LogP contribution in [0.25, 0.3) is 0 Å². The molecule has 0 spiro atoms. The molecular weight excluding hydrogens is 244 g/mol. The fourth-order valence-electron chi connectivity index (χ4n) is 1.90. The zero-order chi connectivity index (χ0) is 14.5. The Kier molecular flexibility index (Phi) is 10.9. The van der Waals surface area contributed by atoms with E-state index >= 15 is 0 Å². The van der Waals surface area contributed by atoms with Gasteiger partial charge in [-0.1, -0.05) is 24.5 Å². The molecule has 110 valence electrons. The van der Waals surface area contributed by atoms with Crippen LogP contribution in [0.4, 0.5) is 0 Å². The normalized spacial score (nSPS) is 11.5. The summed E-state index contributed by atoms with van der Waals surface area (Å²) in [6.45, 7) is 2.11. The van der Waals surface area contributed by atoms with Gasteiger partial charge < -0.3 is 10.2 Å². The molecule has 0 fully saturated rings. The molecule has 0 aromatic carbocycles. The van der Waals surface area contributed by atoms with Gasteiger partial charge in [-0.2, -0.15) is 0 Å². The summed E-state index contributed by atoms with van der Waals surface area (Å²) in [6, 6.07) is 0. The van der Waals surface area contributed by atoms with Crippen LogP contribution in [0.1, 0.15) is 71.1 Å². The first-order chi connectivity index (χ1) is 9.02. The molecule has 0 aromatic rings. The van der Waals surface area contributed by atoms with Crippen LogP contribution in [-0.2, 0) is 9.59 Å². The lowest BCUT2D eigenvalue weighted by atomic mass is 10.1. The van der Waals surface area contributed by atoms with Crippen LogP contribution in [0.5, 0.6) is 0 Å². The molecule has 0 radical (unpaired) electrons. The molecule has 4 heteroatoms. The third-order valence-electron chi connectivity index (χ3n) is 3.05. The number of aliphatic carboxylic acids is 2. The first-order valence-electron chi connectivity index (χ1n) is 7.11. The average molecular weight is 270 g/mol. The maximum absolute atomic E-state index is 10.3. The molecule has 2 N–H and O–H groups in total. The van der Waals surface area contributed by atoms with Crippen LogP contribution in [0.3, 0.4) is 0 Å². The zero-order valence-electron chi connectivity index (χ0n) is 11.9. The van der Waals surface area contributed by atoms with E-state index in [0.29, 0.717) is 0 Å². The highest BCUT2D eigenvalue weighted by Gasteiger charge is 1.98. The van der Waals surface area contributed by atoms with Crippen LogP contribution in [0, 0.1) is 0 Å². The molecule has 4 nitrogen and oxygen atoms in total. The number of hydrogen-bond donors (Lipinski definition) is 2. The first kappa shape index (κ1) is 17.7. The van der Waals surface area contributed by atoms with E-state index in [1.165, 1.54) is 5.57 Å². The van der Waals surface area contributed by atoms with Gasteiger partial charge in [-0.15, -0.1) is 0 Å². The molecule has 0 saturated heterocycles. The summed E-state index contributed by atoms with van der Waals surface area (Å²) in [5.41, 5.74) is 1.36. The van der Waals surface area contributed by atoms with Crippen molar-refractivity contribution in [3.63, 3.8) is 0 Å². The van der Waals surface area contributed by atoms with Crippen molar-refractivity contribution in [3.8, 4) is 0 Å². The van der Waals surface area contributed by atoms with Gasteiger partial charge in [0.1, 0.15) is 0 Å². The molecule has 0 aliphatic rings. The van der Waals surface area contributed by atoms with E-state index < -0.39 is 11.9 Å². The molecule has 0 bridgehead atoms. The van der Waals surface area contributed by atoms with Crippen molar-refractivity contribution in [1.82, 2.24) is 0 Å². The second-order valence-electron chi connectivity index (χ2n) is 5.00. The van der Waals surface area contributed by atoms with E-state index in [9.17, 15) is 9.59 Å². The highest BCUT2D eigenvalue weighted by atomic mass is 16.4. The van der Waals surface area contributed by atoms with Gasteiger partial charge in [0.25, 0.3) is 0 Å². The molecule has 0 rings (SSSR count). The average Bonchev–Trinajstić information content (AvgIpc) is 2.32. The number of allylic oxidation sites excluding steroid dienone is 2. The summed E-state index contributed by atoms with van der Waals surface area (Å²) < 4.78 is 0. The van der Waals surface area contributed by atoms with Crippen molar-refractivity contribution in [3.05, 3.63) is 11.6 Å². The topological polar surface area (TPSA) is 74.6 Å². The molecular formula is C15H26O4. The third kappa shape index (κ3) is 14.6. The van der Waals surface area contributed by atoms with Crippen molar-refractivity contribution in [2.75, 3.05) is 0 Å². The van der Waals surface area contributed by atoms with Crippen LogP contribution in [-0.4, -0.2) is 22.2 Å². The standard InChI is InChI=1S/C15H26O4/c1-13(10-6-4-8-12-15(18)19)9-5-2-3-7-11-14(16)17/h9H,2-8,10-12H2,1H3,(H,16,17)(H,18,19)/b13-9+. The smallest absolute Gasteiger partial charge is 0.303 e. The Morgan fingerprint density at radius 3 is 1.79 bits per heavy atom. The molecule has 0 aromatic heterocycles. The van der Waals surface area contributed by atoms with E-state index in [2.05, 4.69) is 13.0 Å². The van der Waals surface area contributed by atoms with Crippen molar-refractivity contribution in [2.24, 2.45) is 0 Å². The molecule has 0 heterocycles. The molecule has 0 aliphatic carbocycles. The lowest BCUT2D eigenvalue weighted by Gasteiger charge is -2.02. The molecule has 19 heavy (non-hydrogen) atoms. The fraction of sp³-hybridized carbons (Fsp3) is 0.733. The lowest BCUT2D eigenvalue weighted by Crippen LogP contribution is -1.93. The summed E-state index contributed by atoms with van der Waals surface area (Å²) in [4.78, 5) is 20.6. The van der Waals surface area contributed by atoms with Crippen molar-refractivity contribution in [2.45, 2.75) is 71.1 Å². The van der Waals surface area contributed by atoms with Gasteiger partial charge in [0.2, 0.25) is 0 Å². The Bertz CT molecular complexity index is 295. The highest BCUT2D eigenvalue weighted by Crippen LogP contribution is 2.12. The van der Waals surface area contributed by atoms with E-state index in [0.717, 1.165) is 51.4 Å². The summed E-state index contributed by atoms with van der Waals surface area (Å²) in [7, 11) is 0. The predicted molar refractivity (Wildman–Crippen MR) is 75.2 cm³/mol. The number of unbranched alkanes of at least 4 members (excludes halogenated alkanes) is 5. The Labute approximate surface area is 115 Å². The second kappa shape index (κ2) is 11.8. The Balaban J connectivity index is 3.39. The summed E-state index contributed by atoms with van der Waals surface area (Å²) in [5.74, 6) is -1.43. The number of carboxylic acid groups (broad SMARTS) is 2.